The molecule has 2 atom stereocenters. The molecule has 4 amide bonds. The molecular formula is C34H45N5O7. The predicted molar refractivity (Wildman–Crippen MR) is 171 cm³/mol. The average Bonchev–Trinajstić information content (AvgIpc) is 3.56. The molecule has 0 unspecified atom stereocenters. The Balaban J connectivity index is 1.35. The summed E-state index contributed by atoms with van der Waals surface area (Å²) in [6.07, 6.45) is 2.40. The van der Waals surface area contributed by atoms with E-state index in [4.69, 9.17) is 14.2 Å². The molecule has 3 aliphatic heterocycles. The molecule has 2 aromatic carbocycles. The van der Waals surface area contributed by atoms with E-state index in [2.05, 4.69) is 15.5 Å². The van der Waals surface area contributed by atoms with E-state index in [1.807, 2.05) is 11.0 Å². The fraction of sp³-hybridized carbons (Fsp3) is 0.529. The number of hydrogen-bond donors (Lipinski definition) is 2. The zero-order valence-corrected chi connectivity index (χ0v) is 26.6. The highest BCUT2D eigenvalue weighted by Crippen LogP contribution is 2.24. The van der Waals surface area contributed by atoms with Crippen LogP contribution in [0.3, 0.4) is 0 Å². The third-order valence-electron chi connectivity index (χ3n) is 8.80. The Morgan fingerprint density at radius 3 is 2.30 bits per heavy atom. The third-order valence-corrected chi connectivity index (χ3v) is 8.80. The molecule has 2 saturated heterocycles. The van der Waals surface area contributed by atoms with Crippen molar-refractivity contribution in [2.24, 2.45) is 0 Å². The van der Waals surface area contributed by atoms with Crippen LogP contribution in [0.2, 0.25) is 0 Å². The van der Waals surface area contributed by atoms with Crippen LogP contribution < -0.4 is 20.1 Å². The van der Waals surface area contributed by atoms with Crippen molar-refractivity contribution in [3.05, 3.63) is 59.7 Å². The van der Waals surface area contributed by atoms with Gasteiger partial charge in [0, 0.05) is 59.3 Å². The Labute approximate surface area is 270 Å². The Hall–Kier alpha value is -4.16. The van der Waals surface area contributed by atoms with Gasteiger partial charge in [-0.05, 0) is 49.9 Å². The number of methoxy groups -OCH3 is 1. The number of para-hydroxylation sites is 2. The summed E-state index contributed by atoms with van der Waals surface area (Å²) in [5.74, 6) is -0.125. The summed E-state index contributed by atoms with van der Waals surface area (Å²) >= 11 is 0. The van der Waals surface area contributed by atoms with Crippen molar-refractivity contribution < 1.29 is 33.4 Å². The van der Waals surface area contributed by atoms with Gasteiger partial charge < -0.3 is 34.6 Å². The van der Waals surface area contributed by atoms with Crippen molar-refractivity contribution in [1.29, 1.82) is 0 Å². The van der Waals surface area contributed by atoms with Crippen molar-refractivity contribution in [3.63, 3.8) is 0 Å². The molecule has 12 nitrogen and oxygen atoms in total. The highest BCUT2D eigenvalue weighted by Gasteiger charge is 2.33. The van der Waals surface area contributed by atoms with E-state index in [-0.39, 0.29) is 49.8 Å². The molecule has 2 fully saturated rings. The maximum Gasteiger partial charge on any atom is 0.255 e. The second-order valence-electron chi connectivity index (χ2n) is 11.9. The normalized spacial score (nSPS) is 22.3. The molecule has 0 aromatic heterocycles. The topological polar surface area (TPSA) is 130 Å². The first-order valence-corrected chi connectivity index (χ1v) is 16.3. The van der Waals surface area contributed by atoms with Gasteiger partial charge in [0.15, 0.2) is 0 Å². The van der Waals surface area contributed by atoms with Gasteiger partial charge in [-0.1, -0.05) is 24.3 Å². The molecule has 0 radical (unpaired) electrons. The summed E-state index contributed by atoms with van der Waals surface area (Å²) in [7, 11) is 1.67. The van der Waals surface area contributed by atoms with Crippen LogP contribution in [0.5, 0.6) is 11.5 Å². The quantitative estimate of drug-likeness (QED) is 0.522. The molecule has 46 heavy (non-hydrogen) atoms. The molecule has 248 valence electrons. The minimum absolute atomic E-state index is 0.0910. The van der Waals surface area contributed by atoms with Crippen molar-refractivity contribution >= 4 is 23.6 Å². The summed E-state index contributed by atoms with van der Waals surface area (Å²) < 4.78 is 17.3. The molecule has 2 aromatic rings. The lowest BCUT2D eigenvalue weighted by molar-refractivity contribution is -0.136. The molecule has 2 N–H and O–H groups in total. The number of carbonyl (C=O) groups is 4. The van der Waals surface area contributed by atoms with E-state index in [9.17, 15) is 19.2 Å². The third kappa shape index (κ3) is 8.55. The van der Waals surface area contributed by atoms with Gasteiger partial charge in [-0.3, -0.25) is 24.1 Å². The van der Waals surface area contributed by atoms with Crippen molar-refractivity contribution in [2.75, 3.05) is 72.7 Å². The van der Waals surface area contributed by atoms with E-state index in [1.54, 1.807) is 54.5 Å². The van der Waals surface area contributed by atoms with E-state index in [1.165, 1.54) is 0 Å². The molecule has 0 spiro atoms. The maximum absolute atomic E-state index is 13.9. The van der Waals surface area contributed by atoms with Crippen molar-refractivity contribution in [3.8, 4) is 11.5 Å². The summed E-state index contributed by atoms with van der Waals surface area (Å²) in [5, 5.41) is 5.85. The largest absolute Gasteiger partial charge is 0.493 e. The Bertz CT molecular complexity index is 1360. The fourth-order valence-corrected chi connectivity index (χ4v) is 6.17. The van der Waals surface area contributed by atoms with Gasteiger partial charge in [-0.25, -0.2) is 0 Å². The van der Waals surface area contributed by atoms with Crippen LogP contribution in [-0.4, -0.2) is 123 Å². The van der Waals surface area contributed by atoms with Crippen LogP contribution in [0.1, 0.15) is 52.8 Å². The second-order valence-corrected chi connectivity index (χ2v) is 11.9. The molecule has 0 bridgehead atoms. The predicted octanol–water partition coefficient (Wildman–Crippen LogP) is 1.94. The molecule has 3 heterocycles. The molecular weight excluding hydrogens is 590 g/mol. The second kappa shape index (κ2) is 16.4. The van der Waals surface area contributed by atoms with E-state index in [0.29, 0.717) is 74.9 Å². The highest BCUT2D eigenvalue weighted by molar-refractivity contribution is 6.00. The lowest BCUT2D eigenvalue weighted by Crippen LogP contribution is -2.55. The fourth-order valence-electron chi connectivity index (χ4n) is 6.17. The summed E-state index contributed by atoms with van der Waals surface area (Å²) in [4.78, 5) is 59.9. The number of hydrogen-bond acceptors (Lipinski definition) is 8. The van der Waals surface area contributed by atoms with Crippen LogP contribution in [0.4, 0.5) is 0 Å². The maximum atomic E-state index is 13.9. The van der Waals surface area contributed by atoms with Crippen LogP contribution in [-0.2, 0) is 14.3 Å². The van der Waals surface area contributed by atoms with E-state index in [0.717, 1.165) is 19.4 Å². The van der Waals surface area contributed by atoms with Gasteiger partial charge in [0.05, 0.1) is 30.4 Å². The van der Waals surface area contributed by atoms with Gasteiger partial charge in [-0.2, -0.15) is 0 Å². The minimum atomic E-state index is -0.875. The number of rotatable bonds is 4. The van der Waals surface area contributed by atoms with Gasteiger partial charge in [0.1, 0.15) is 24.1 Å². The first-order chi connectivity index (χ1) is 22.4. The lowest BCUT2D eigenvalue weighted by atomic mass is 10.1. The lowest BCUT2D eigenvalue weighted by Gasteiger charge is -2.36. The first kappa shape index (κ1) is 33.2. The Morgan fingerprint density at radius 1 is 0.870 bits per heavy atom. The number of ether oxygens (including phenoxy) is 3. The number of benzene rings is 2. The van der Waals surface area contributed by atoms with Gasteiger partial charge >= 0.3 is 0 Å². The van der Waals surface area contributed by atoms with Crippen LogP contribution >= 0.6 is 0 Å². The first-order valence-electron chi connectivity index (χ1n) is 16.3. The standard InChI is InChI=1S/C34H45N5O7/c1-44-23-21-37-17-19-38(20-18-37)34(43)28-13-14-31(40)39-16-6-8-25(39)24-46-30-12-5-2-9-26(30)32(41)35-15-7-22-45-29-11-4-3-10-27(29)33(42)36-28/h2-5,9-12,25,28H,6-8,13-24H2,1H3,(H,35,41)(H,36,42)/t25-,28-/m0/s1. The highest BCUT2D eigenvalue weighted by atomic mass is 16.5. The summed E-state index contributed by atoms with van der Waals surface area (Å²) in [6, 6.07) is 12.9. The summed E-state index contributed by atoms with van der Waals surface area (Å²) in [6.45, 7) is 5.39. The molecule has 5 rings (SSSR count). The monoisotopic (exact) mass is 635 g/mol. The minimum Gasteiger partial charge on any atom is -0.493 e. The van der Waals surface area contributed by atoms with Crippen molar-refractivity contribution in [1.82, 2.24) is 25.3 Å². The molecule has 0 saturated carbocycles. The van der Waals surface area contributed by atoms with Crippen molar-refractivity contribution in [2.45, 2.75) is 44.2 Å². The number of carbonyl (C=O) groups excluding carboxylic acids is 4. The molecule has 3 aliphatic rings. The summed E-state index contributed by atoms with van der Waals surface area (Å²) in [5.41, 5.74) is 0.733. The number of nitrogens with one attached hydrogen (secondary N) is 2. The average molecular weight is 636 g/mol. The zero-order valence-electron chi connectivity index (χ0n) is 26.6. The van der Waals surface area contributed by atoms with Gasteiger partial charge in [-0.15, -0.1) is 0 Å². The zero-order chi connectivity index (χ0) is 32.3. The smallest absolute Gasteiger partial charge is 0.255 e. The number of piperazine rings is 1. The van der Waals surface area contributed by atoms with E-state index < -0.39 is 11.9 Å². The SMILES string of the molecule is COCCN1CCN(C(=O)[C@@H]2CCC(=O)N3CCC[C@H]3COc3ccccc3C(=O)NCCCOc3ccccc3C(=O)N2)CC1. The van der Waals surface area contributed by atoms with Crippen LogP contribution in [0.25, 0.3) is 0 Å². The Morgan fingerprint density at radius 2 is 1.57 bits per heavy atom. The number of nitrogens with zero attached hydrogens (tertiary/aromatic N) is 3. The molecule has 12 heteroatoms. The Kier molecular flexibility index (Phi) is 11.9. The molecule has 0 aliphatic carbocycles. The van der Waals surface area contributed by atoms with E-state index >= 15 is 0 Å². The van der Waals surface area contributed by atoms with Gasteiger partial charge in [0.25, 0.3) is 11.8 Å². The van der Waals surface area contributed by atoms with Crippen LogP contribution in [0.15, 0.2) is 48.5 Å². The number of fused-ring (bicyclic) bond motifs is 3. The van der Waals surface area contributed by atoms with Crippen LogP contribution in [0, 0.1) is 0 Å². The van der Waals surface area contributed by atoms with Gasteiger partial charge in [0.2, 0.25) is 11.8 Å². The number of amides is 4.